The number of carbonyl (C=O) groups is 2. The van der Waals surface area contributed by atoms with Crippen molar-refractivity contribution in [2.75, 3.05) is 50.9 Å². The van der Waals surface area contributed by atoms with E-state index in [4.69, 9.17) is 0 Å². The van der Waals surface area contributed by atoms with Crippen LogP contribution < -0.4 is 10.6 Å². The number of anilines is 2. The number of nitrogens with zero attached hydrogens (tertiary/aromatic N) is 2. The lowest BCUT2D eigenvalue weighted by atomic mass is 10.1. The summed E-state index contributed by atoms with van der Waals surface area (Å²) < 4.78 is 0. The number of aryl methyl sites for hydroxylation is 4. The van der Waals surface area contributed by atoms with Gasteiger partial charge in [0, 0.05) is 11.4 Å². The molecule has 2 aromatic carbocycles. The molecule has 0 aliphatic rings. The average molecular weight is 439 g/mol. The molecular weight excluding hydrogens is 400 g/mol. The van der Waals surface area contributed by atoms with Gasteiger partial charge in [-0.15, -0.1) is 0 Å². The smallest absolute Gasteiger partial charge is 0.238 e. The summed E-state index contributed by atoms with van der Waals surface area (Å²) in [6, 6.07) is 12.0. The van der Waals surface area contributed by atoms with Crippen LogP contribution in [0.15, 0.2) is 36.4 Å². The van der Waals surface area contributed by atoms with Gasteiger partial charge in [0.1, 0.15) is 0 Å². The summed E-state index contributed by atoms with van der Waals surface area (Å²) in [6.07, 6.45) is 1.94. The minimum Gasteiger partial charge on any atom is -0.324 e. The van der Waals surface area contributed by atoms with Crippen molar-refractivity contribution in [3.05, 3.63) is 58.7 Å². The van der Waals surface area contributed by atoms with Crippen molar-refractivity contribution >= 4 is 23.2 Å². The zero-order valence-electron chi connectivity index (χ0n) is 20.4. The Morgan fingerprint density at radius 2 is 0.969 bits per heavy atom. The van der Waals surface area contributed by atoms with E-state index >= 15 is 0 Å². The number of rotatable bonds is 11. The van der Waals surface area contributed by atoms with E-state index in [1.165, 1.54) is 0 Å². The third kappa shape index (κ3) is 8.09. The Hall–Kier alpha value is -2.70. The van der Waals surface area contributed by atoms with Gasteiger partial charge in [-0.25, -0.2) is 0 Å². The number of carbonyl (C=O) groups excluding carboxylic acids is 2. The van der Waals surface area contributed by atoms with Crippen molar-refractivity contribution in [1.82, 2.24) is 9.80 Å². The third-order valence-electron chi connectivity index (χ3n) is 5.65. The van der Waals surface area contributed by atoms with Gasteiger partial charge in [-0.05, 0) is 90.0 Å². The maximum absolute atomic E-state index is 12.4. The van der Waals surface area contributed by atoms with E-state index in [1.807, 2.05) is 88.0 Å². The molecule has 0 atom stereocenters. The zero-order valence-corrected chi connectivity index (χ0v) is 20.4. The van der Waals surface area contributed by atoms with Crippen molar-refractivity contribution in [2.45, 2.75) is 40.5 Å². The van der Waals surface area contributed by atoms with Gasteiger partial charge < -0.3 is 10.6 Å². The molecule has 2 rings (SSSR count). The Morgan fingerprint density at radius 3 is 1.28 bits per heavy atom. The van der Waals surface area contributed by atoms with E-state index in [0.717, 1.165) is 59.6 Å². The molecule has 0 unspecified atom stereocenters. The summed E-state index contributed by atoms with van der Waals surface area (Å²) >= 11 is 0. The highest BCUT2D eigenvalue weighted by molar-refractivity contribution is 5.94. The molecule has 0 aromatic heterocycles. The largest absolute Gasteiger partial charge is 0.324 e. The topological polar surface area (TPSA) is 64.7 Å². The van der Waals surface area contributed by atoms with Gasteiger partial charge in [0.25, 0.3) is 0 Å². The Kier molecular flexibility index (Phi) is 9.88. The molecule has 0 aliphatic carbocycles. The summed E-state index contributed by atoms with van der Waals surface area (Å²) in [7, 11) is 3.93. The Balaban J connectivity index is 1.66. The fraction of sp³-hybridized carbons (Fsp3) is 0.462. The predicted octanol–water partition coefficient (Wildman–Crippen LogP) is 4.14. The number of hydrogen-bond donors (Lipinski definition) is 2. The fourth-order valence-corrected chi connectivity index (χ4v) is 3.79. The van der Waals surface area contributed by atoms with E-state index in [2.05, 4.69) is 10.6 Å². The average Bonchev–Trinajstić information content (AvgIpc) is 2.71. The van der Waals surface area contributed by atoms with E-state index in [9.17, 15) is 9.59 Å². The molecule has 0 heterocycles. The highest BCUT2D eigenvalue weighted by Crippen LogP contribution is 2.20. The third-order valence-corrected chi connectivity index (χ3v) is 5.65. The lowest BCUT2D eigenvalue weighted by molar-refractivity contribution is -0.118. The van der Waals surface area contributed by atoms with Gasteiger partial charge in [-0.2, -0.15) is 0 Å². The number of para-hydroxylation sites is 2. The summed E-state index contributed by atoms with van der Waals surface area (Å²) in [6.45, 7) is 10.4. The Labute approximate surface area is 193 Å². The lowest BCUT2D eigenvalue weighted by Gasteiger charge is -2.20. The molecule has 2 amide bonds. The molecule has 0 fully saturated rings. The quantitative estimate of drug-likeness (QED) is 0.518. The lowest BCUT2D eigenvalue weighted by Crippen LogP contribution is -2.33. The van der Waals surface area contributed by atoms with Crippen molar-refractivity contribution < 1.29 is 9.59 Å². The molecule has 0 spiro atoms. The molecule has 0 saturated carbocycles. The normalized spacial score (nSPS) is 11.1. The number of amides is 2. The van der Waals surface area contributed by atoms with E-state index in [-0.39, 0.29) is 11.8 Å². The second-order valence-electron chi connectivity index (χ2n) is 8.81. The first-order chi connectivity index (χ1) is 15.2. The molecule has 174 valence electrons. The van der Waals surface area contributed by atoms with Crippen LogP contribution in [-0.4, -0.2) is 61.9 Å². The molecular formula is C26H38N4O2. The van der Waals surface area contributed by atoms with Crippen LogP contribution in [0.25, 0.3) is 0 Å². The standard InChI is InChI=1S/C26H38N4O2/c1-19-11-9-12-20(2)25(19)27-23(31)17-29(5)15-7-8-16-30(6)18-24(32)28-26-21(3)13-10-14-22(26)4/h9-14H,7-8,15-18H2,1-6H3,(H,27,31)(H,28,32). The molecule has 32 heavy (non-hydrogen) atoms. The Bertz CT molecular complexity index is 810. The SMILES string of the molecule is Cc1cccc(C)c1NC(=O)CN(C)CCCCN(C)CC(=O)Nc1c(C)cccc1C. The molecule has 6 heteroatoms. The summed E-state index contributed by atoms with van der Waals surface area (Å²) in [5.41, 5.74) is 6.12. The Morgan fingerprint density at radius 1 is 0.656 bits per heavy atom. The number of unbranched alkanes of at least 4 members (excludes halogenated alkanes) is 1. The minimum atomic E-state index is 0.00480. The highest BCUT2D eigenvalue weighted by Gasteiger charge is 2.12. The number of likely N-dealkylation sites (N-methyl/N-ethyl adjacent to an activating group) is 2. The van der Waals surface area contributed by atoms with Crippen molar-refractivity contribution in [3.63, 3.8) is 0 Å². The maximum Gasteiger partial charge on any atom is 0.238 e. The first kappa shape index (κ1) is 25.6. The highest BCUT2D eigenvalue weighted by atomic mass is 16.2. The second-order valence-corrected chi connectivity index (χ2v) is 8.81. The van der Waals surface area contributed by atoms with E-state index in [1.54, 1.807) is 0 Å². The number of benzene rings is 2. The predicted molar refractivity (Wildman–Crippen MR) is 133 cm³/mol. The van der Waals surface area contributed by atoms with Crippen LogP contribution in [0.5, 0.6) is 0 Å². The molecule has 0 radical (unpaired) electrons. The number of hydrogen-bond acceptors (Lipinski definition) is 4. The monoisotopic (exact) mass is 438 g/mol. The fourth-order valence-electron chi connectivity index (χ4n) is 3.79. The summed E-state index contributed by atoms with van der Waals surface area (Å²) in [5, 5.41) is 6.07. The van der Waals surface area contributed by atoms with Gasteiger partial charge in [-0.3, -0.25) is 19.4 Å². The molecule has 6 nitrogen and oxygen atoms in total. The van der Waals surface area contributed by atoms with Crippen molar-refractivity contribution in [3.8, 4) is 0 Å². The summed E-state index contributed by atoms with van der Waals surface area (Å²) in [4.78, 5) is 28.8. The van der Waals surface area contributed by atoms with Gasteiger partial charge >= 0.3 is 0 Å². The molecule has 0 bridgehead atoms. The van der Waals surface area contributed by atoms with Crippen LogP contribution >= 0.6 is 0 Å². The maximum atomic E-state index is 12.4. The van der Waals surface area contributed by atoms with Crippen molar-refractivity contribution in [1.29, 1.82) is 0 Å². The van der Waals surface area contributed by atoms with Gasteiger partial charge in [0.15, 0.2) is 0 Å². The van der Waals surface area contributed by atoms with E-state index in [0.29, 0.717) is 13.1 Å². The summed E-state index contributed by atoms with van der Waals surface area (Å²) in [5.74, 6) is 0.00961. The molecule has 0 aliphatic heterocycles. The first-order valence-electron chi connectivity index (χ1n) is 11.3. The van der Waals surface area contributed by atoms with Crippen LogP contribution in [0.1, 0.15) is 35.1 Å². The molecule has 2 aromatic rings. The number of nitrogens with one attached hydrogen (secondary N) is 2. The van der Waals surface area contributed by atoms with Gasteiger partial charge in [-0.1, -0.05) is 36.4 Å². The molecule has 0 saturated heterocycles. The minimum absolute atomic E-state index is 0.00480. The van der Waals surface area contributed by atoms with E-state index < -0.39 is 0 Å². The zero-order chi connectivity index (χ0) is 23.7. The van der Waals surface area contributed by atoms with Gasteiger partial charge in [0.2, 0.25) is 11.8 Å². The van der Waals surface area contributed by atoms with Crippen molar-refractivity contribution in [2.24, 2.45) is 0 Å². The van der Waals surface area contributed by atoms with Crippen LogP contribution in [0.3, 0.4) is 0 Å². The first-order valence-corrected chi connectivity index (χ1v) is 11.3. The second kappa shape index (κ2) is 12.4. The van der Waals surface area contributed by atoms with Crippen LogP contribution in [0.4, 0.5) is 11.4 Å². The molecule has 2 N–H and O–H groups in total. The van der Waals surface area contributed by atoms with Crippen LogP contribution in [0.2, 0.25) is 0 Å². The van der Waals surface area contributed by atoms with Crippen LogP contribution in [-0.2, 0) is 9.59 Å². The van der Waals surface area contributed by atoms with Gasteiger partial charge in [0.05, 0.1) is 13.1 Å². The van der Waals surface area contributed by atoms with Crippen LogP contribution in [0, 0.1) is 27.7 Å².